The first-order valence-corrected chi connectivity index (χ1v) is 8.64. The number of anilines is 1. The summed E-state index contributed by atoms with van der Waals surface area (Å²) < 4.78 is 14.8. The molecule has 2 aromatic heterocycles. The molecule has 1 fully saturated rings. The molecule has 1 aromatic carbocycles. The number of pyridine rings is 1. The minimum absolute atomic E-state index is 0.0552. The van der Waals surface area contributed by atoms with E-state index in [2.05, 4.69) is 15.0 Å². The SMILES string of the molecule is CC1CN(C(=O)c2nn(C)c3ccccc23)CCN1c1ccc(F)cn1. The van der Waals surface area contributed by atoms with Gasteiger partial charge in [-0.2, -0.15) is 5.10 Å². The van der Waals surface area contributed by atoms with Gasteiger partial charge in [0.2, 0.25) is 0 Å². The zero-order valence-electron chi connectivity index (χ0n) is 14.8. The highest BCUT2D eigenvalue weighted by Crippen LogP contribution is 2.22. The van der Waals surface area contributed by atoms with E-state index in [1.54, 1.807) is 10.7 Å². The van der Waals surface area contributed by atoms with Crippen LogP contribution in [-0.2, 0) is 7.05 Å². The Morgan fingerprint density at radius 2 is 2.00 bits per heavy atom. The van der Waals surface area contributed by atoms with E-state index in [1.165, 1.54) is 12.3 Å². The maximum atomic E-state index is 13.1. The molecule has 1 aliphatic rings. The molecule has 1 amide bonds. The highest BCUT2D eigenvalue weighted by Gasteiger charge is 2.30. The third-order valence-corrected chi connectivity index (χ3v) is 4.88. The second-order valence-electron chi connectivity index (χ2n) is 6.62. The molecule has 26 heavy (non-hydrogen) atoms. The molecule has 3 heterocycles. The maximum Gasteiger partial charge on any atom is 0.275 e. The fourth-order valence-corrected chi connectivity index (χ4v) is 3.54. The number of fused-ring (bicyclic) bond motifs is 1. The van der Waals surface area contributed by atoms with Crippen molar-refractivity contribution < 1.29 is 9.18 Å². The van der Waals surface area contributed by atoms with E-state index in [-0.39, 0.29) is 17.8 Å². The molecule has 1 saturated heterocycles. The predicted molar refractivity (Wildman–Crippen MR) is 97.6 cm³/mol. The van der Waals surface area contributed by atoms with Gasteiger partial charge < -0.3 is 9.80 Å². The van der Waals surface area contributed by atoms with Gasteiger partial charge in [-0.15, -0.1) is 0 Å². The third kappa shape index (κ3) is 2.79. The number of amides is 1. The number of aryl methyl sites for hydroxylation is 1. The lowest BCUT2D eigenvalue weighted by Crippen LogP contribution is -2.54. The van der Waals surface area contributed by atoms with Gasteiger partial charge in [-0.25, -0.2) is 9.37 Å². The molecule has 0 N–H and O–H groups in total. The summed E-state index contributed by atoms with van der Waals surface area (Å²) in [6.45, 7) is 3.84. The van der Waals surface area contributed by atoms with Crippen molar-refractivity contribution in [1.82, 2.24) is 19.7 Å². The number of halogens is 1. The topological polar surface area (TPSA) is 54.3 Å². The molecule has 0 aliphatic carbocycles. The largest absolute Gasteiger partial charge is 0.350 e. The number of carbonyl (C=O) groups is 1. The number of carbonyl (C=O) groups excluding carboxylic acids is 1. The first-order chi connectivity index (χ1) is 12.5. The number of para-hydroxylation sites is 1. The van der Waals surface area contributed by atoms with Crippen LogP contribution in [-0.4, -0.2) is 51.2 Å². The fraction of sp³-hybridized carbons (Fsp3) is 0.316. The second-order valence-corrected chi connectivity index (χ2v) is 6.62. The van der Waals surface area contributed by atoms with Crippen molar-refractivity contribution in [3.63, 3.8) is 0 Å². The van der Waals surface area contributed by atoms with Crippen LogP contribution in [0.4, 0.5) is 10.2 Å². The molecule has 0 spiro atoms. The predicted octanol–water partition coefficient (Wildman–Crippen LogP) is 2.46. The standard InChI is InChI=1S/C19H20FN5O/c1-13-12-24(9-10-25(13)17-8-7-14(20)11-21-17)19(26)18-15-5-3-4-6-16(15)23(2)22-18/h3-8,11,13H,9-10,12H2,1-2H3. The molecule has 1 unspecified atom stereocenters. The Kier molecular flexibility index (Phi) is 4.06. The highest BCUT2D eigenvalue weighted by atomic mass is 19.1. The summed E-state index contributed by atoms with van der Waals surface area (Å²) in [6.07, 6.45) is 1.22. The smallest absolute Gasteiger partial charge is 0.275 e. The Bertz CT molecular complexity index is 952. The van der Waals surface area contributed by atoms with E-state index in [0.29, 0.717) is 25.3 Å². The van der Waals surface area contributed by atoms with Gasteiger partial charge in [0.1, 0.15) is 11.6 Å². The van der Waals surface area contributed by atoms with Crippen molar-refractivity contribution in [1.29, 1.82) is 0 Å². The monoisotopic (exact) mass is 353 g/mol. The molecular formula is C19H20FN5O. The summed E-state index contributed by atoms with van der Waals surface area (Å²) in [5.41, 5.74) is 1.43. The van der Waals surface area contributed by atoms with Gasteiger partial charge in [-0.1, -0.05) is 18.2 Å². The minimum Gasteiger partial charge on any atom is -0.350 e. The molecule has 4 rings (SSSR count). The third-order valence-electron chi connectivity index (χ3n) is 4.88. The van der Waals surface area contributed by atoms with Crippen LogP contribution >= 0.6 is 0 Å². The van der Waals surface area contributed by atoms with E-state index in [0.717, 1.165) is 16.7 Å². The van der Waals surface area contributed by atoms with Crippen molar-refractivity contribution >= 4 is 22.6 Å². The minimum atomic E-state index is -0.350. The lowest BCUT2D eigenvalue weighted by molar-refractivity contribution is 0.0721. The van der Waals surface area contributed by atoms with Gasteiger partial charge in [0, 0.05) is 38.1 Å². The highest BCUT2D eigenvalue weighted by molar-refractivity contribution is 6.04. The van der Waals surface area contributed by atoms with Crippen LogP contribution in [0.25, 0.3) is 10.9 Å². The van der Waals surface area contributed by atoms with Crippen molar-refractivity contribution in [3.05, 3.63) is 54.1 Å². The van der Waals surface area contributed by atoms with Crippen molar-refractivity contribution in [2.24, 2.45) is 7.05 Å². The summed E-state index contributed by atoms with van der Waals surface area (Å²) in [5, 5.41) is 5.31. The molecule has 6 nitrogen and oxygen atoms in total. The van der Waals surface area contributed by atoms with E-state index in [1.807, 2.05) is 43.1 Å². The van der Waals surface area contributed by atoms with Crippen molar-refractivity contribution in [3.8, 4) is 0 Å². The zero-order valence-corrected chi connectivity index (χ0v) is 14.8. The van der Waals surface area contributed by atoms with E-state index < -0.39 is 0 Å². The molecule has 1 aliphatic heterocycles. The number of benzene rings is 1. The van der Waals surface area contributed by atoms with Crippen LogP contribution in [0.5, 0.6) is 0 Å². The molecule has 1 atom stereocenters. The molecular weight excluding hydrogens is 333 g/mol. The molecule has 0 saturated carbocycles. The van der Waals surface area contributed by atoms with Gasteiger partial charge in [0.15, 0.2) is 5.69 Å². The first kappa shape index (κ1) is 16.5. The van der Waals surface area contributed by atoms with Crippen LogP contribution in [0.3, 0.4) is 0 Å². The van der Waals surface area contributed by atoms with Crippen LogP contribution in [0.1, 0.15) is 17.4 Å². The van der Waals surface area contributed by atoms with Gasteiger partial charge in [-0.3, -0.25) is 9.48 Å². The lowest BCUT2D eigenvalue weighted by Gasteiger charge is -2.40. The molecule has 0 bridgehead atoms. The van der Waals surface area contributed by atoms with Gasteiger partial charge in [-0.05, 0) is 25.1 Å². The summed E-state index contributed by atoms with van der Waals surface area (Å²) >= 11 is 0. The average molecular weight is 353 g/mol. The van der Waals surface area contributed by atoms with Gasteiger partial charge in [0.05, 0.1) is 11.7 Å². The Morgan fingerprint density at radius 1 is 1.19 bits per heavy atom. The maximum absolute atomic E-state index is 13.1. The van der Waals surface area contributed by atoms with Crippen LogP contribution in [0.2, 0.25) is 0 Å². The van der Waals surface area contributed by atoms with Gasteiger partial charge in [0.25, 0.3) is 5.91 Å². The Balaban J connectivity index is 1.55. The fourth-order valence-electron chi connectivity index (χ4n) is 3.54. The average Bonchev–Trinajstić information content (AvgIpc) is 2.99. The number of hydrogen-bond donors (Lipinski definition) is 0. The second kappa shape index (κ2) is 6.40. The summed E-state index contributed by atoms with van der Waals surface area (Å²) in [6, 6.07) is 10.9. The van der Waals surface area contributed by atoms with Crippen molar-refractivity contribution in [2.75, 3.05) is 24.5 Å². The Hall–Kier alpha value is -2.96. The normalized spacial score (nSPS) is 17.7. The Labute approximate surface area is 150 Å². The summed E-state index contributed by atoms with van der Waals surface area (Å²) in [7, 11) is 1.85. The Morgan fingerprint density at radius 3 is 2.73 bits per heavy atom. The lowest BCUT2D eigenvalue weighted by atomic mass is 10.1. The summed E-state index contributed by atoms with van der Waals surface area (Å²) in [5.74, 6) is 0.326. The quantitative estimate of drug-likeness (QED) is 0.710. The van der Waals surface area contributed by atoms with Gasteiger partial charge >= 0.3 is 0 Å². The molecule has 3 aromatic rings. The van der Waals surface area contributed by atoms with Crippen LogP contribution in [0.15, 0.2) is 42.6 Å². The van der Waals surface area contributed by atoms with E-state index in [4.69, 9.17) is 0 Å². The van der Waals surface area contributed by atoms with Crippen molar-refractivity contribution in [2.45, 2.75) is 13.0 Å². The number of hydrogen-bond acceptors (Lipinski definition) is 4. The number of rotatable bonds is 2. The summed E-state index contributed by atoms with van der Waals surface area (Å²) in [4.78, 5) is 21.1. The first-order valence-electron chi connectivity index (χ1n) is 8.64. The molecule has 0 radical (unpaired) electrons. The molecule has 134 valence electrons. The van der Waals surface area contributed by atoms with Crippen LogP contribution in [0, 0.1) is 5.82 Å². The van der Waals surface area contributed by atoms with E-state index in [9.17, 15) is 9.18 Å². The number of aromatic nitrogens is 3. The molecule has 7 heteroatoms. The number of piperazine rings is 1. The number of nitrogens with zero attached hydrogens (tertiary/aromatic N) is 5. The van der Waals surface area contributed by atoms with E-state index >= 15 is 0 Å². The van der Waals surface area contributed by atoms with Crippen LogP contribution < -0.4 is 4.90 Å². The zero-order chi connectivity index (χ0) is 18.3.